The summed E-state index contributed by atoms with van der Waals surface area (Å²) in [5, 5.41) is 5.71. The summed E-state index contributed by atoms with van der Waals surface area (Å²) < 4.78 is 5.59. The summed E-state index contributed by atoms with van der Waals surface area (Å²) >= 11 is 0. The van der Waals surface area contributed by atoms with Crippen LogP contribution in [-0.4, -0.2) is 47.5 Å². The molecule has 4 rings (SSSR count). The van der Waals surface area contributed by atoms with Gasteiger partial charge in [-0.3, -0.25) is 9.59 Å². The summed E-state index contributed by atoms with van der Waals surface area (Å²) in [5.41, 5.74) is 0.467. The normalized spacial score (nSPS) is 17.5. The molecule has 2 aromatic heterocycles. The molecule has 8 heteroatoms. The van der Waals surface area contributed by atoms with Gasteiger partial charge in [0, 0.05) is 38.3 Å². The van der Waals surface area contributed by atoms with Crippen molar-refractivity contribution in [2.45, 2.75) is 18.9 Å². The fraction of sp³-hybridized carbons (Fsp3) is 0.375. The number of hydrogen-bond donors (Lipinski definition) is 2. The van der Waals surface area contributed by atoms with Gasteiger partial charge in [-0.1, -0.05) is 0 Å². The molecule has 0 spiro atoms. The molecule has 2 N–H and O–H groups in total. The number of anilines is 1. The van der Waals surface area contributed by atoms with Gasteiger partial charge in [0.05, 0.1) is 11.6 Å². The third-order valence-corrected chi connectivity index (χ3v) is 4.25. The standard InChI is InChI=1S/C16H17N5O3/c22-15-11-6-13(24-12(11)2-1-4-18-15)16(23)20-10-7-21(8-10)14-3-5-17-9-19-14/h3,5-6,9-10H,1-2,4,7-8H2,(H,18,22)(H,20,23). The van der Waals surface area contributed by atoms with Crippen molar-refractivity contribution in [1.82, 2.24) is 20.6 Å². The van der Waals surface area contributed by atoms with Gasteiger partial charge in [-0.2, -0.15) is 0 Å². The number of rotatable bonds is 3. The molecule has 0 unspecified atom stereocenters. The Morgan fingerprint density at radius 3 is 3.08 bits per heavy atom. The average Bonchev–Trinajstić information content (AvgIpc) is 2.92. The van der Waals surface area contributed by atoms with E-state index in [0.717, 1.165) is 12.2 Å². The predicted molar refractivity (Wildman–Crippen MR) is 84.9 cm³/mol. The van der Waals surface area contributed by atoms with Crippen LogP contribution >= 0.6 is 0 Å². The minimum Gasteiger partial charge on any atom is -0.455 e. The highest BCUT2D eigenvalue weighted by atomic mass is 16.4. The fourth-order valence-electron chi connectivity index (χ4n) is 2.95. The lowest BCUT2D eigenvalue weighted by Crippen LogP contribution is -2.59. The minimum absolute atomic E-state index is 0.0335. The van der Waals surface area contributed by atoms with Crippen LogP contribution in [0.3, 0.4) is 0 Å². The molecule has 0 aromatic carbocycles. The zero-order valence-corrected chi connectivity index (χ0v) is 13.0. The summed E-state index contributed by atoms with van der Waals surface area (Å²) in [6, 6.07) is 3.40. The number of carbonyl (C=O) groups excluding carboxylic acids is 2. The smallest absolute Gasteiger partial charge is 0.287 e. The number of amides is 2. The average molecular weight is 327 g/mol. The van der Waals surface area contributed by atoms with Crippen LogP contribution in [0.4, 0.5) is 5.82 Å². The van der Waals surface area contributed by atoms with Crippen molar-refractivity contribution in [2.24, 2.45) is 0 Å². The molecule has 2 aromatic rings. The first-order valence-electron chi connectivity index (χ1n) is 7.93. The van der Waals surface area contributed by atoms with E-state index < -0.39 is 0 Å². The van der Waals surface area contributed by atoms with Crippen molar-refractivity contribution in [1.29, 1.82) is 0 Å². The topological polar surface area (TPSA) is 100 Å². The molecule has 2 aliphatic heterocycles. The Balaban J connectivity index is 1.38. The second-order valence-electron chi connectivity index (χ2n) is 5.95. The van der Waals surface area contributed by atoms with Gasteiger partial charge in [0.2, 0.25) is 0 Å². The van der Waals surface area contributed by atoms with Crippen molar-refractivity contribution in [3.8, 4) is 0 Å². The molecule has 8 nitrogen and oxygen atoms in total. The molecule has 24 heavy (non-hydrogen) atoms. The first-order chi connectivity index (χ1) is 11.7. The first kappa shape index (κ1) is 14.7. The van der Waals surface area contributed by atoms with Gasteiger partial charge >= 0.3 is 0 Å². The van der Waals surface area contributed by atoms with Crippen LogP contribution in [0, 0.1) is 0 Å². The number of nitrogens with one attached hydrogen (secondary N) is 2. The molecule has 124 valence electrons. The van der Waals surface area contributed by atoms with Gasteiger partial charge < -0.3 is 20.0 Å². The van der Waals surface area contributed by atoms with Crippen molar-refractivity contribution >= 4 is 17.6 Å². The Morgan fingerprint density at radius 2 is 2.29 bits per heavy atom. The first-order valence-corrected chi connectivity index (χ1v) is 7.93. The van der Waals surface area contributed by atoms with E-state index in [1.54, 1.807) is 6.20 Å². The van der Waals surface area contributed by atoms with Crippen LogP contribution in [0.15, 0.2) is 29.1 Å². The highest BCUT2D eigenvalue weighted by Crippen LogP contribution is 2.21. The molecule has 0 aliphatic carbocycles. The van der Waals surface area contributed by atoms with Crippen molar-refractivity contribution in [3.63, 3.8) is 0 Å². The van der Waals surface area contributed by atoms with Crippen LogP contribution in [0.1, 0.15) is 33.1 Å². The maximum atomic E-state index is 12.3. The highest BCUT2D eigenvalue weighted by Gasteiger charge is 2.31. The largest absolute Gasteiger partial charge is 0.455 e. The number of furan rings is 1. The third-order valence-electron chi connectivity index (χ3n) is 4.25. The minimum atomic E-state index is -0.289. The Kier molecular flexibility index (Phi) is 3.64. The molecule has 1 fully saturated rings. The third kappa shape index (κ3) is 2.70. The molecular weight excluding hydrogens is 310 g/mol. The molecule has 0 atom stereocenters. The Labute approximate surface area is 138 Å². The number of aryl methyl sites for hydroxylation is 1. The monoisotopic (exact) mass is 327 g/mol. The number of hydrogen-bond acceptors (Lipinski definition) is 6. The van der Waals surface area contributed by atoms with Crippen LogP contribution in [0.25, 0.3) is 0 Å². The number of carbonyl (C=O) groups is 2. The summed E-state index contributed by atoms with van der Waals surface area (Å²) in [6.07, 6.45) is 4.66. The van der Waals surface area contributed by atoms with E-state index in [9.17, 15) is 9.59 Å². The molecule has 2 amide bonds. The maximum Gasteiger partial charge on any atom is 0.287 e. The molecule has 4 heterocycles. The van der Waals surface area contributed by atoms with Crippen LogP contribution < -0.4 is 15.5 Å². The summed E-state index contributed by atoms with van der Waals surface area (Å²) in [7, 11) is 0. The lowest BCUT2D eigenvalue weighted by atomic mass is 10.1. The Hall–Kier alpha value is -2.90. The van der Waals surface area contributed by atoms with E-state index in [2.05, 4.69) is 25.5 Å². The van der Waals surface area contributed by atoms with Gasteiger partial charge in [0.25, 0.3) is 11.8 Å². The summed E-state index contributed by atoms with van der Waals surface area (Å²) in [4.78, 5) is 34.3. The fourth-order valence-corrected chi connectivity index (χ4v) is 2.95. The predicted octanol–water partition coefficient (Wildman–Crippen LogP) is 0.364. The molecule has 0 radical (unpaired) electrons. The van der Waals surface area contributed by atoms with Gasteiger partial charge in [-0.05, 0) is 12.5 Å². The summed E-state index contributed by atoms with van der Waals surface area (Å²) in [5.74, 6) is 1.16. The molecule has 2 aliphatic rings. The maximum absolute atomic E-state index is 12.3. The SMILES string of the molecule is O=C(NC1CN(c2ccncn2)C1)c1cc2c(o1)CCCNC2=O. The van der Waals surface area contributed by atoms with Crippen molar-refractivity contribution in [3.05, 3.63) is 41.7 Å². The van der Waals surface area contributed by atoms with Gasteiger partial charge in [0.15, 0.2) is 5.76 Å². The quantitative estimate of drug-likeness (QED) is 0.844. The highest BCUT2D eigenvalue weighted by molar-refractivity contribution is 5.99. The Morgan fingerprint density at radius 1 is 1.42 bits per heavy atom. The van der Waals surface area contributed by atoms with E-state index in [4.69, 9.17) is 4.42 Å². The lowest BCUT2D eigenvalue weighted by molar-refractivity contribution is 0.0899. The van der Waals surface area contributed by atoms with Crippen molar-refractivity contribution in [2.75, 3.05) is 24.5 Å². The van der Waals surface area contributed by atoms with E-state index in [-0.39, 0.29) is 23.6 Å². The Bertz CT molecular complexity index is 767. The van der Waals surface area contributed by atoms with Crippen LogP contribution in [-0.2, 0) is 6.42 Å². The second kappa shape index (κ2) is 5.95. The van der Waals surface area contributed by atoms with E-state index in [1.165, 1.54) is 12.4 Å². The lowest BCUT2D eigenvalue weighted by Gasteiger charge is -2.40. The van der Waals surface area contributed by atoms with Gasteiger partial charge in [-0.25, -0.2) is 9.97 Å². The summed E-state index contributed by atoms with van der Waals surface area (Å²) in [6.45, 7) is 2.00. The van der Waals surface area contributed by atoms with Gasteiger partial charge in [0.1, 0.15) is 17.9 Å². The number of aromatic nitrogens is 2. The number of nitrogens with zero attached hydrogens (tertiary/aromatic N) is 3. The molecule has 0 bridgehead atoms. The van der Waals surface area contributed by atoms with Gasteiger partial charge in [-0.15, -0.1) is 0 Å². The van der Waals surface area contributed by atoms with E-state index >= 15 is 0 Å². The zero-order chi connectivity index (χ0) is 16.5. The van der Waals surface area contributed by atoms with Crippen LogP contribution in [0.5, 0.6) is 0 Å². The molecule has 1 saturated heterocycles. The van der Waals surface area contributed by atoms with Crippen LogP contribution in [0.2, 0.25) is 0 Å². The van der Waals surface area contributed by atoms with Crippen molar-refractivity contribution < 1.29 is 14.0 Å². The second-order valence-corrected chi connectivity index (χ2v) is 5.95. The van der Waals surface area contributed by atoms with E-state index in [1.807, 2.05) is 6.07 Å². The zero-order valence-electron chi connectivity index (χ0n) is 13.0. The molecule has 0 saturated carbocycles. The number of fused-ring (bicyclic) bond motifs is 1. The molecular formula is C16H17N5O3. The van der Waals surface area contributed by atoms with E-state index in [0.29, 0.717) is 37.4 Å².